The van der Waals surface area contributed by atoms with Gasteiger partial charge >= 0.3 is 0 Å². The first-order valence-electron chi connectivity index (χ1n) is 13.2. The summed E-state index contributed by atoms with van der Waals surface area (Å²) in [6.07, 6.45) is 1.68. The Morgan fingerprint density at radius 3 is 2.17 bits per heavy atom. The standard InChI is InChI=1S/C30H34Cl3N3O4S/c1-5-6-15-34-30(38)22(4)35(18-23-8-9-25(32)17-28(23)33)29(37)19-36(26-12-7-20(2)21(3)16-26)41(39,40)27-13-10-24(31)11-14-27/h7-14,16-17,22H,5-6,15,18-19H2,1-4H3,(H,34,38). The Labute approximate surface area is 257 Å². The number of nitrogens with zero attached hydrogens (tertiary/aromatic N) is 2. The van der Waals surface area contributed by atoms with E-state index in [-0.39, 0.29) is 17.3 Å². The number of anilines is 1. The normalized spacial score (nSPS) is 12.1. The highest BCUT2D eigenvalue weighted by Gasteiger charge is 2.33. The molecule has 1 atom stereocenters. The Kier molecular flexibility index (Phi) is 11.5. The van der Waals surface area contributed by atoms with Crippen molar-refractivity contribution in [2.24, 2.45) is 0 Å². The molecule has 7 nitrogen and oxygen atoms in total. The van der Waals surface area contributed by atoms with E-state index in [1.807, 2.05) is 20.8 Å². The molecule has 1 N–H and O–H groups in total. The maximum atomic E-state index is 14.0. The van der Waals surface area contributed by atoms with Crippen molar-refractivity contribution in [3.63, 3.8) is 0 Å². The fourth-order valence-corrected chi connectivity index (χ4v) is 6.10. The molecule has 3 aromatic carbocycles. The molecule has 0 fully saturated rings. The van der Waals surface area contributed by atoms with Crippen molar-refractivity contribution in [1.29, 1.82) is 0 Å². The fraction of sp³-hybridized carbons (Fsp3) is 0.333. The van der Waals surface area contributed by atoms with Gasteiger partial charge in [-0.1, -0.05) is 60.3 Å². The number of amides is 2. The van der Waals surface area contributed by atoms with Crippen LogP contribution in [0.15, 0.2) is 65.6 Å². The molecule has 0 aliphatic carbocycles. The lowest BCUT2D eigenvalue weighted by Gasteiger charge is -2.32. The Morgan fingerprint density at radius 1 is 0.902 bits per heavy atom. The predicted octanol–water partition coefficient (Wildman–Crippen LogP) is 6.79. The van der Waals surface area contributed by atoms with E-state index >= 15 is 0 Å². The number of benzene rings is 3. The third-order valence-electron chi connectivity index (χ3n) is 6.81. The van der Waals surface area contributed by atoms with Crippen molar-refractivity contribution in [3.05, 3.63) is 92.4 Å². The Bertz CT molecular complexity index is 1500. The van der Waals surface area contributed by atoms with Gasteiger partial charge in [0.15, 0.2) is 0 Å². The second-order valence-corrected chi connectivity index (χ2v) is 13.0. The maximum Gasteiger partial charge on any atom is 0.264 e. The molecule has 0 heterocycles. The van der Waals surface area contributed by atoms with Gasteiger partial charge in [0.2, 0.25) is 11.8 Å². The van der Waals surface area contributed by atoms with Gasteiger partial charge in [-0.2, -0.15) is 0 Å². The van der Waals surface area contributed by atoms with E-state index in [2.05, 4.69) is 5.32 Å². The monoisotopic (exact) mass is 637 g/mol. The average Bonchev–Trinajstić information content (AvgIpc) is 2.92. The van der Waals surface area contributed by atoms with Gasteiger partial charge in [0, 0.05) is 28.2 Å². The van der Waals surface area contributed by atoms with Crippen LogP contribution in [0.3, 0.4) is 0 Å². The molecule has 0 aromatic heterocycles. The van der Waals surface area contributed by atoms with Crippen LogP contribution in [0.2, 0.25) is 15.1 Å². The van der Waals surface area contributed by atoms with Gasteiger partial charge in [-0.3, -0.25) is 13.9 Å². The first kappa shape index (κ1) is 32.7. The van der Waals surface area contributed by atoms with Gasteiger partial charge in [0.1, 0.15) is 12.6 Å². The zero-order valence-corrected chi connectivity index (χ0v) is 26.5. The van der Waals surface area contributed by atoms with Crippen molar-refractivity contribution < 1.29 is 18.0 Å². The highest BCUT2D eigenvalue weighted by Crippen LogP contribution is 2.28. The molecule has 2 amide bonds. The highest BCUT2D eigenvalue weighted by atomic mass is 35.5. The van der Waals surface area contributed by atoms with Gasteiger partial charge in [-0.25, -0.2) is 8.42 Å². The van der Waals surface area contributed by atoms with Crippen molar-refractivity contribution in [1.82, 2.24) is 10.2 Å². The van der Waals surface area contributed by atoms with Crippen LogP contribution in [-0.4, -0.2) is 44.3 Å². The van der Waals surface area contributed by atoms with Crippen LogP contribution in [0.4, 0.5) is 5.69 Å². The lowest BCUT2D eigenvalue weighted by atomic mass is 10.1. The van der Waals surface area contributed by atoms with Gasteiger partial charge in [-0.05, 0) is 92.4 Å². The number of nitrogens with one attached hydrogen (secondary N) is 1. The largest absolute Gasteiger partial charge is 0.354 e. The van der Waals surface area contributed by atoms with Crippen LogP contribution >= 0.6 is 34.8 Å². The molecule has 3 rings (SSSR count). The quantitative estimate of drug-likeness (QED) is 0.221. The molecule has 0 saturated carbocycles. The third-order valence-corrected chi connectivity index (χ3v) is 9.44. The van der Waals surface area contributed by atoms with Gasteiger partial charge < -0.3 is 10.2 Å². The summed E-state index contributed by atoms with van der Waals surface area (Å²) < 4.78 is 28.9. The second kappa shape index (κ2) is 14.4. The first-order chi connectivity index (χ1) is 19.3. The molecule has 0 aliphatic rings. The van der Waals surface area contributed by atoms with E-state index in [0.717, 1.165) is 28.3 Å². The number of aryl methyl sites for hydroxylation is 2. The summed E-state index contributed by atoms with van der Waals surface area (Å²) in [5.41, 5.74) is 2.72. The molecule has 0 aliphatic heterocycles. The summed E-state index contributed by atoms with van der Waals surface area (Å²) in [5, 5.41) is 3.99. The van der Waals surface area contributed by atoms with E-state index in [0.29, 0.717) is 32.9 Å². The molecule has 220 valence electrons. The molecule has 0 radical (unpaired) electrons. The number of halogens is 3. The van der Waals surface area contributed by atoms with E-state index in [4.69, 9.17) is 34.8 Å². The van der Waals surface area contributed by atoms with Gasteiger partial charge in [0.05, 0.1) is 10.6 Å². The summed E-state index contributed by atoms with van der Waals surface area (Å²) in [7, 11) is -4.20. The van der Waals surface area contributed by atoms with E-state index in [9.17, 15) is 18.0 Å². The Morgan fingerprint density at radius 2 is 1.56 bits per heavy atom. The number of sulfonamides is 1. The molecule has 0 spiro atoms. The van der Waals surface area contributed by atoms with E-state index in [1.165, 1.54) is 29.2 Å². The summed E-state index contributed by atoms with van der Waals surface area (Å²) >= 11 is 18.5. The molecular weight excluding hydrogens is 605 g/mol. The molecule has 0 saturated heterocycles. The topological polar surface area (TPSA) is 86.8 Å². The van der Waals surface area contributed by atoms with Crippen LogP contribution in [0.5, 0.6) is 0 Å². The maximum absolute atomic E-state index is 14.0. The van der Waals surface area contributed by atoms with Crippen molar-refractivity contribution >= 4 is 62.3 Å². The number of hydrogen-bond donors (Lipinski definition) is 1. The molecule has 0 bridgehead atoms. The highest BCUT2D eigenvalue weighted by molar-refractivity contribution is 7.92. The van der Waals surface area contributed by atoms with Crippen LogP contribution in [-0.2, 0) is 26.2 Å². The summed E-state index contributed by atoms with van der Waals surface area (Å²) in [5.74, 6) is -0.930. The molecule has 41 heavy (non-hydrogen) atoms. The zero-order valence-electron chi connectivity index (χ0n) is 23.5. The minimum Gasteiger partial charge on any atom is -0.354 e. The molecule has 1 unspecified atom stereocenters. The van der Waals surface area contributed by atoms with Crippen molar-refractivity contribution in [3.8, 4) is 0 Å². The lowest BCUT2D eigenvalue weighted by Crippen LogP contribution is -2.51. The lowest BCUT2D eigenvalue weighted by molar-refractivity contribution is -0.139. The average molecular weight is 639 g/mol. The Hall–Kier alpha value is -2.78. The van der Waals surface area contributed by atoms with Gasteiger partial charge in [-0.15, -0.1) is 0 Å². The van der Waals surface area contributed by atoms with Crippen molar-refractivity contribution in [2.45, 2.75) is 58.0 Å². The SMILES string of the molecule is CCCCNC(=O)C(C)N(Cc1ccc(Cl)cc1Cl)C(=O)CN(c1ccc(C)c(C)c1)S(=O)(=O)c1ccc(Cl)cc1. The summed E-state index contributed by atoms with van der Waals surface area (Å²) in [6.45, 7) is 7.28. The predicted molar refractivity (Wildman–Crippen MR) is 166 cm³/mol. The number of unbranched alkanes of at least 4 members (excludes halogenated alkanes) is 1. The Balaban J connectivity index is 2.05. The fourth-order valence-electron chi connectivity index (χ4n) is 4.10. The molecular formula is C30H34Cl3N3O4S. The van der Waals surface area contributed by atoms with Crippen molar-refractivity contribution in [2.75, 3.05) is 17.4 Å². The molecule has 11 heteroatoms. The van der Waals surface area contributed by atoms with Gasteiger partial charge in [0.25, 0.3) is 10.0 Å². The van der Waals surface area contributed by atoms with Crippen LogP contribution in [0.25, 0.3) is 0 Å². The minimum absolute atomic E-state index is 0.0226. The number of carbonyl (C=O) groups excluding carboxylic acids is 2. The minimum atomic E-state index is -4.20. The summed E-state index contributed by atoms with van der Waals surface area (Å²) in [6, 6.07) is 14.9. The number of hydrogen-bond acceptors (Lipinski definition) is 4. The van der Waals surface area contributed by atoms with E-state index < -0.39 is 28.5 Å². The zero-order chi connectivity index (χ0) is 30.3. The number of carbonyl (C=O) groups is 2. The number of rotatable bonds is 12. The van der Waals surface area contributed by atoms with E-state index in [1.54, 1.807) is 43.3 Å². The van der Waals surface area contributed by atoms with Crippen LogP contribution < -0.4 is 9.62 Å². The van der Waals surface area contributed by atoms with Crippen LogP contribution in [0.1, 0.15) is 43.4 Å². The second-order valence-electron chi connectivity index (χ2n) is 9.81. The smallest absolute Gasteiger partial charge is 0.264 e. The molecule has 3 aromatic rings. The van der Waals surface area contributed by atoms with Crippen LogP contribution in [0, 0.1) is 13.8 Å². The first-order valence-corrected chi connectivity index (χ1v) is 15.8. The summed E-state index contributed by atoms with van der Waals surface area (Å²) in [4.78, 5) is 28.4. The third kappa shape index (κ3) is 8.38.